The normalized spacial score (nSPS) is 23.4. The van der Waals surface area contributed by atoms with Crippen molar-refractivity contribution in [2.24, 2.45) is 0 Å². The van der Waals surface area contributed by atoms with Crippen molar-refractivity contribution in [1.29, 1.82) is 0 Å². The first-order valence-electron chi connectivity index (χ1n) is 9.90. The smallest absolute Gasteiger partial charge is 0.364 e. The lowest BCUT2D eigenvalue weighted by Gasteiger charge is -2.35. The number of likely N-dealkylation sites (tertiary alicyclic amines) is 1. The predicted molar refractivity (Wildman–Crippen MR) is 105 cm³/mol. The van der Waals surface area contributed by atoms with E-state index >= 15 is 0 Å². The summed E-state index contributed by atoms with van der Waals surface area (Å²) in [5.74, 6) is -0.608. The molecule has 1 amide bonds. The molecule has 8 heteroatoms. The third-order valence-corrected chi connectivity index (χ3v) is 6.23. The van der Waals surface area contributed by atoms with E-state index in [0.29, 0.717) is 13.1 Å². The van der Waals surface area contributed by atoms with Crippen LogP contribution in [0.4, 0.5) is 23.2 Å². The summed E-state index contributed by atoms with van der Waals surface area (Å²) in [5, 5.41) is 0. The van der Waals surface area contributed by atoms with Crippen molar-refractivity contribution in [3.8, 4) is 0 Å². The van der Waals surface area contributed by atoms with E-state index < -0.39 is 17.4 Å². The van der Waals surface area contributed by atoms with E-state index in [1.165, 1.54) is 18.2 Å². The van der Waals surface area contributed by atoms with Gasteiger partial charge in [0.05, 0.1) is 11.1 Å². The fourth-order valence-corrected chi connectivity index (χ4v) is 4.97. The third kappa shape index (κ3) is 3.52. The molecule has 2 saturated heterocycles. The number of alkyl halides is 3. The Morgan fingerprint density at radius 3 is 2.40 bits per heavy atom. The van der Waals surface area contributed by atoms with Gasteiger partial charge in [-0.1, -0.05) is 0 Å². The number of nitrogens with zero attached hydrogens (tertiary/aromatic N) is 3. The molecule has 0 radical (unpaired) electrons. The second-order valence-corrected chi connectivity index (χ2v) is 8.77. The van der Waals surface area contributed by atoms with Gasteiger partial charge >= 0.3 is 6.18 Å². The fourth-order valence-electron chi connectivity index (χ4n) is 4.97. The zero-order valence-electron chi connectivity index (χ0n) is 16.8. The highest BCUT2D eigenvalue weighted by Crippen LogP contribution is 2.47. The fraction of sp³-hybridized carbons (Fsp3) is 0.455. The minimum absolute atomic E-state index is 0.155. The molecule has 2 aliphatic heterocycles. The quantitative estimate of drug-likeness (QED) is 0.647. The number of amides is 1. The van der Waals surface area contributed by atoms with Gasteiger partial charge in [0.25, 0.3) is 5.91 Å². The number of aromatic nitrogens is 1. The van der Waals surface area contributed by atoms with Crippen molar-refractivity contribution in [1.82, 2.24) is 9.88 Å². The molecule has 1 spiro atoms. The van der Waals surface area contributed by atoms with Crippen molar-refractivity contribution < 1.29 is 22.4 Å². The molecule has 4 rings (SSSR count). The molecule has 2 aliphatic rings. The standard InChI is InChI=1S/C22H23F4N3O/c1-20(2)13-21(14-29(20)17-7-5-16(23)6-8-17)10-3-11-28(21)19(30)15-4-9-18(27-12-15)22(24,25)26/h4-9,12H,3,10-11,13-14H2,1-2H3. The molecule has 3 heterocycles. The lowest BCUT2D eigenvalue weighted by atomic mass is 9.87. The monoisotopic (exact) mass is 421 g/mol. The van der Waals surface area contributed by atoms with E-state index in [0.717, 1.165) is 37.2 Å². The van der Waals surface area contributed by atoms with Crippen LogP contribution in [0.2, 0.25) is 0 Å². The molecule has 4 nitrogen and oxygen atoms in total. The summed E-state index contributed by atoms with van der Waals surface area (Å²) in [6.45, 7) is 5.32. The lowest BCUT2D eigenvalue weighted by molar-refractivity contribution is -0.141. The minimum atomic E-state index is -4.54. The summed E-state index contributed by atoms with van der Waals surface area (Å²) < 4.78 is 51.7. The Balaban J connectivity index is 1.61. The SMILES string of the molecule is CC1(C)CC2(CCCN2C(=O)c2ccc(C(F)(F)F)nc2)CN1c1ccc(F)cc1. The van der Waals surface area contributed by atoms with Crippen molar-refractivity contribution in [2.45, 2.75) is 50.4 Å². The van der Waals surface area contributed by atoms with Gasteiger partial charge in [0.1, 0.15) is 11.5 Å². The Morgan fingerprint density at radius 2 is 1.80 bits per heavy atom. The average Bonchev–Trinajstić information content (AvgIpc) is 3.20. The van der Waals surface area contributed by atoms with Gasteiger partial charge in [-0.15, -0.1) is 0 Å². The summed E-state index contributed by atoms with van der Waals surface area (Å²) in [7, 11) is 0. The topological polar surface area (TPSA) is 36.4 Å². The number of anilines is 1. The highest BCUT2D eigenvalue weighted by atomic mass is 19.4. The number of rotatable bonds is 2. The van der Waals surface area contributed by atoms with Crippen LogP contribution in [0.25, 0.3) is 0 Å². The van der Waals surface area contributed by atoms with Crippen LogP contribution < -0.4 is 4.90 Å². The lowest BCUT2D eigenvalue weighted by Crippen LogP contribution is -2.49. The number of hydrogen-bond donors (Lipinski definition) is 0. The van der Waals surface area contributed by atoms with Crippen molar-refractivity contribution in [2.75, 3.05) is 18.0 Å². The Morgan fingerprint density at radius 1 is 1.10 bits per heavy atom. The molecule has 2 fully saturated rings. The number of pyridine rings is 1. The molecule has 0 aliphatic carbocycles. The average molecular weight is 421 g/mol. The molecule has 1 atom stereocenters. The second kappa shape index (κ2) is 6.96. The minimum Gasteiger partial charge on any atom is -0.364 e. The van der Waals surface area contributed by atoms with Crippen LogP contribution in [0.1, 0.15) is 49.2 Å². The first-order chi connectivity index (χ1) is 14.0. The Bertz CT molecular complexity index is 940. The van der Waals surface area contributed by atoms with Gasteiger partial charge < -0.3 is 9.80 Å². The largest absolute Gasteiger partial charge is 0.433 e. The summed E-state index contributed by atoms with van der Waals surface area (Å²) in [6, 6.07) is 8.35. The van der Waals surface area contributed by atoms with Gasteiger partial charge in [-0.3, -0.25) is 9.78 Å². The molecular weight excluding hydrogens is 398 g/mol. The maximum Gasteiger partial charge on any atom is 0.433 e. The number of hydrogen-bond acceptors (Lipinski definition) is 3. The van der Waals surface area contributed by atoms with Gasteiger partial charge in [0, 0.05) is 30.5 Å². The highest BCUT2D eigenvalue weighted by Gasteiger charge is 2.55. The molecule has 1 unspecified atom stereocenters. The van der Waals surface area contributed by atoms with Crippen LogP contribution in [0.5, 0.6) is 0 Å². The number of carbonyl (C=O) groups is 1. The molecule has 0 saturated carbocycles. The molecule has 0 N–H and O–H groups in total. The van der Waals surface area contributed by atoms with Crippen molar-refractivity contribution in [3.63, 3.8) is 0 Å². The number of halogens is 4. The van der Waals surface area contributed by atoms with E-state index in [2.05, 4.69) is 23.7 Å². The molecule has 1 aromatic heterocycles. The Kier molecular flexibility index (Phi) is 4.78. The highest BCUT2D eigenvalue weighted by molar-refractivity contribution is 5.94. The van der Waals surface area contributed by atoms with Crippen molar-refractivity contribution >= 4 is 11.6 Å². The van der Waals surface area contributed by atoms with Crippen LogP contribution in [0, 0.1) is 5.82 Å². The predicted octanol–water partition coefficient (Wildman–Crippen LogP) is 4.90. The zero-order chi connectivity index (χ0) is 21.7. The first kappa shape index (κ1) is 20.6. The van der Waals surface area contributed by atoms with E-state index in [9.17, 15) is 22.4 Å². The molecule has 160 valence electrons. The summed E-state index contributed by atoms with van der Waals surface area (Å²) in [5.41, 5.74) is -0.660. The van der Waals surface area contributed by atoms with Crippen molar-refractivity contribution in [3.05, 3.63) is 59.7 Å². The van der Waals surface area contributed by atoms with Gasteiger partial charge in [-0.05, 0) is 69.5 Å². The van der Waals surface area contributed by atoms with Crippen LogP contribution in [0.15, 0.2) is 42.6 Å². The van der Waals surface area contributed by atoms with Gasteiger partial charge in [-0.25, -0.2) is 4.39 Å². The van der Waals surface area contributed by atoms with Gasteiger partial charge in [0.2, 0.25) is 0 Å². The number of benzene rings is 1. The Labute approximate surface area is 172 Å². The number of carbonyl (C=O) groups excluding carboxylic acids is 1. The molecule has 1 aromatic carbocycles. The summed E-state index contributed by atoms with van der Waals surface area (Å²) in [6.07, 6.45) is -1.17. The maximum atomic E-state index is 13.4. The van der Waals surface area contributed by atoms with E-state index in [4.69, 9.17) is 0 Å². The molecule has 2 aromatic rings. The van der Waals surface area contributed by atoms with E-state index in [1.807, 2.05) is 0 Å². The van der Waals surface area contributed by atoms with Crippen LogP contribution in [-0.4, -0.2) is 40.0 Å². The van der Waals surface area contributed by atoms with E-state index in [-0.39, 0.29) is 22.8 Å². The molecule has 0 bridgehead atoms. The van der Waals surface area contributed by atoms with Gasteiger partial charge in [0.15, 0.2) is 0 Å². The molecule has 30 heavy (non-hydrogen) atoms. The van der Waals surface area contributed by atoms with Crippen LogP contribution in [0.3, 0.4) is 0 Å². The van der Waals surface area contributed by atoms with Crippen LogP contribution in [-0.2, 0) is 6.18 Å². The maximum absolute atomic E-state index is 13.4. The third-order valence-electron chi connectivity index (χ3n) is 6.23. The first-order valence-corrected chi connectivity index (χ1v) is 9.90. The molecular formula is C22H23F4N3O. The zero-order valence-corrected chi connectivity index (χ0v) is 16.8. The van der Waals surface area contributed by atoms with Gasteiger partial charge in [-0.2, -0.15) is 13.2 Å². The summed E-state index contributed by atoms with van der Waals surface area (Å²) in [4.78, 5) is 20.6. The second-order valence-electron chi connectivity index (χ2n) is 8.77. The Hall–Kier alpha value is -2.64. The van der Waals surface area contributed by atoms with Crippen LogP contribution >= 0.6 is 0 Å². The van der Waals surface area contributed by atoms with E-state index in [1.54, 1.807) is 17.0 Å². The summed E-state index contributed by atoms with van der Waals surface area (Å²) >= 11 is 0.